The smallest absolute Gasteiger partial charge is 0.313 e. The van der Waals surface area contributed by atoms with Crippen LogP contribution in [0.4, 0.5) is 5.95 Å². The molecule has 0 saturated heterocycles. The van der Waals surface area contributed by atoms with E-state index in [1.807, 2.05) is 0 Å². The number of carboxylic acids is 1. The fourth-order valence-corrected chi connectivity index (χ4v) is 2.90. The van der Waals surface area contributed by atoms with E-state index < -0.39 is 5.97 Å². The van der Waals surface area contributed by atoms with E-state index in [9.17, 15) is 4.79 Å². The highest BCUT2D eigenvalue weighted by atomic mass is 32.2. The molecule has 1 aromatic heterocycles. The highest BCUT2D eigenvalue weighted by molar-refractivity contribution is 7.99. The number of aliphatic carboxylic acids is 1. The number of thioether (sulfide) groups is 1. The molecule has 0 aliphatic heterocycles. The van der Waals surface area contributed by atoms with Crippen LogP contribution in [0.3, 0.4) is 0 Å². The molecule has 0 unspecified atom stereocenters. The molecule has 1 aromatic rings. The van der Waals surface area contributed by atoms with Gasteiger partial charge in [-0.15, -0.1) is 10.2 Å². The second-order valence-corrected chi connectivity index (χ2v) is 5.98. The Labute approximate surface area is 123 Å². The Bertz CT molecular complexity index is 459. The zero-order chi connectivity index (χ0) is 14.5. The normalized spacial score (nSPS) is 14.5. The first-order valence-electron chi connectivity index (χ1n) is 7.21. The molecule has 1 N–H and O–H groups in total. The summed E-state index contributed by atoms with van der Waals surface area (Å²) in [5.41, 5.74) is 0. The van der Waals surface area contributed by atoms with E-state index >= 15 is 0 Å². The lowest BCUT2D eigenvalue weighted by molar-refractivity contribution is -0.133. The van der Waals surface area contributed by atoms with Gasteiger partial charge < -0.3 is 10.0 Å². The van der Waals surface area contributed by atoms with E-state index in [-0.39, 0.29) is 5.75 Å². The third kappa shape index (κ3) is 3.65. The van der Waals surface area contributed by atoms with E-state index in [0.29, 0.717) is 11.2 Å². The maximum Gasteiger partial charge on any atom is 0.313 e. The van der Waals surface area contributed by atoms with Crippen LogP contribution in [-0.4, -0.2) is 44.2 Å². The predicted octanol–water partition coefficient (Wildman–Crippen LogP) is 2.24. The fraction of sp³-hybridized carbons (Fsp3) is 0.769. The van der Waals surface area contributed by atoms with Crippen molar-refractivity contribution in [2.45, 2.75) is 57.3 Å². The summed E-state index contributed by atoms with van der Waals surface area (Å²) in [5.74, 6) is 0.110. The lowest BCUT2D eigenvalue weighted by atomic mass is 10.4. The summed E-state index contributed by atoms with van der Waals surface area (Å²) in [5, 5.41) is 18.0. The maximum absolute atomic E-state index is 10.7. The van der Waals surface area contributed by atoms with Crippen molar-refractivity contribution in [3.8, 4) is 0 Å². The number of hydrogen-bond donors (Lipinski definition) is 1. The number of rotatable bonds is 9. The Hall–Kier alpha value is -1.24. The highest BCUT2D eigenvalue weighted by Crippen LogP contribution is 2.32. The first-order chi connectivity index (χ1) is 9.67. The second-order valence-electron chi connectivity index (χ2n) is 5.04. The van der Waals surface area contributed by atoms with Crippen LogP contribution in [0.2, 0.25) is 0 Å². The van der Waals surface area contributed by atoms with Gasteiger partial charge in [0.25, 0.3) is 0 Å². The number of carbonyl (C=O) groups is 1. The van der Waals surface area contributed by atoms with Crippen molar-refractivity contribution in [3.63, 3.8) is 0 Å². The molecule has 6 nitrogen and oxygen atoms in total. The van der Waals surface area contributed by atoms with Crippen LogP contribution >= 0.6 is 11.8 Å². The van der Waals surface area contributed by atoms with Crippen LogP contribution in [0.15, 0.2) is 5.16 Å². The van der Waals surface area contributed by atoms with Gasteiger partial charge in [0.05, 0.1) is 5.75 Å². The van der Waals surface area contributed by atoms with Crippen molar-refractivity contribution in [2.24, 2.45) is 0 Å². The van der Waals surface area contributed by atoms with Gasteiger partial charge in [-0.2, -0.15) is 0 Å². The van der Waals surface area contributed by atoms with Crippen LogP contribution < -0.4 is 4.90 Å². The molecule has 7 heteroatoms. The minimum atomic E-state index is -0.824. The minimum absolute atomic E-state index is 0.0268. The van der Waals surface area contributed by atoms with Gasteiger partial charge in [-0.3, -0.25) is 9.36 Å². The van der Waals surface area contributed by atoms with Gasteiger partial charge in [0.2, 0.25) is 5.95 Å². The summed E-state index contributed by atoms with van der Waals surface area (Å²) in [6.07, 6.45) is 4.50. The SMILES string of the molecule is CCCN(c1nnc(SCC(=O)O)n1CCC)C1CC1. The van der Waals surface area contributed by atoms with Crippen molar-refractivity contribution >= 4 is 23.7 Å². The number of carboxylic acid groups (broad SMARTS) is 1. The summed E-state index contributed by atoms with van der Waals surface area (Å²) in [6, 6.07) is 0.590. The zero-order valence-electron chi connectivity index (χ0n) is 12.1. The van der Waals surface area contributed by atoms with Gasteiger partial charge in [-0.25, -0.2) is 0 Å². The van der Waals surface area contributed by atoms with Crippen LogP contribution in [0.1, 0.15) is 39.5 Å². The first kappa shape index (κ1) is 15.2. The molecule has 1 heterocycles. The third-order valence-corrected chi connectivity index (χ3v) is 4.13. The van der Waals surface area contributed by atoms with Gasteiger partial charge in [0.15, 0.2) is 5.16 Å². The molecule has 1 fully saturated rings. The number of nitrogens with zero attached hydrogens (tertiary/aromatic N) is 4. The molecule has 112 valence electrons. The maximum atomic E-state index is 10.7. The van der Waals surface area contributed by atoms with E-state index in [0.717, 1.165) is 31.9 Å². The lowest BCUT2D eigenvalue weighted by Gasteiger charge is -2.23. The van der Waals surface area contributed by atoms with E-state index in [2.05, 4.69) is 33.5 Å². The summed E-state index contributed by atoms with van der Waals surface area (Å²) in [7, 11) is 0. The standard InChI is InChI=1S/C13H22N4O2S/c1-3-7-16(10-5-6-10)12-14-15-13(17(12)8-4-2)20-9-11(18)19/h10H,3-9H2,1-2H3,(H,18,19). The van der Waals surface area contributed by atoms with Gasteiger partial charge >= 0.3 is 5.97 Å². The molecule has 0 bridgehead atoms. The van der Waals surface area contributed by atoms with Gasteiger partial charge in [-0.1, -0.05) is 25.6 Å². The van der Waals surface area contributed by atoms with Gasteiger partial charge in [0.1, 0.15) is 0 Å². The molecule has 0 aromatic carbocycles. The van der Waals surface area contributed by atoms with Crippen molar-refractivity contribution in [3.05, 3.63) is 0 Å². The molecule has 2 rings (SSSR count). The highest BCUT2D eigenvalue weighted by Gasteiger charge is 2.32. The first-order valence-corrected chi connectivity index (χ1v) is 8.20. The number of aromatic nitrogens is 3. The number of anilines is 1. The van der Waals surface area contributed by atoms with Crippen molar-refractivity contribution in [1.82, 2.24) is 14.8 Å². The van der Waals surface area contributed by atoms with E-state index in [4.69, 9.17) is 5.11 Å². The monoisotopic (exact) mass is 298 g/mol. The Balaban J connectivity index is 2.19. The van der Waals surface area contributed by atoms with Gasteiger partial charge in [0, 0.05) is 19.1 Å². The molecule has 1 saturated carbocycles. The van der Waals surface area contributed by atoms with Crippen LogP contribution in [0, 0.1) is 0 Å². The molecular weight excluding hydrogens is 276 g/mol. The van der Waals surface area contributed by atoms with Crippen molar-refractivity contribution in [2.75, 3.05) is 17.2 Å². The molecule has 20 heavy (non-hydrogen) atoms. The third-order valence-electron chi connectivity index (χ3n) is 3.18. The van der Waals surface area contributed by atoms with Crippen molar-refractivity contribution in [1.29, 1.82) is 0 Å². The quantitative estimate of drug-likeness (QED) is 0.705. The largest absolute Gasteiger partial charge is 0.481 e. The van der Waals surface area contributed by atoms with Crippen LogP contribution in [0.5, 0.6) is 0 Å². The Morgan fingerprint density at radius 2 is 2.15 bits per heavy atom. The predicted molar refractivity (Wildman–Crippen MR) is 79.3 cm³/mol. The molecular formula is C13H22N4O2S. The zero-order valence-corrected chi connectivity index (χ0v) is 12.9. The van der Waals surface area contributed by atoms with Crippen LogP contribution in [0.25, 0.3) is 0 Å². The molecule has 1 aliphatic carbocycles. The molecule has 0 atom stereocenters. The fourth-order valence-electron chi connectivity index (χ4n) is 2.22. The number of hydrogen-bond acceptors (Lipinski definition) is 5. The Kier molecular flexibility index (Phi) is 5.28. The summed E-state index contributed by atoms with van der Waals surface area (Å²) >= 11 is 1.25. The average Bonchev–Trinajstić information content (AvgIpc) is 3.17. The Morgan fingerprint density at radius 3 is 2.70 bits per heavy atom. The van der Waals surface area contributed by atoms with Gasteiger partial charge in [-0.05, 0) is 25.7 Å². The average molecular weight is 298 g/mol. The summed E-state index contributed by atoms with van der Waals surface area (Å²) in [6.45, 7) is 6.08. The Morgan fingerprint density at radius 1 is 1.40 bits per heavy atom. The van der Waals surface area contributed by atoms with Crippen molar-refractivity contribution < 1.29 is 9.90 Å². The lowest BCUT2D eigenvalue weighted by Crippen LogP contribution is -2.29. The van der Waals surface area contributed by atoms with Crippen LogP contribution in [-0.2, 0) is 11.3 Å². The summed E-state index contributed by atoms with van der Waals surface area (Å²) in [4.78, 5) is 13.0. The summed E-state index contributed by atoms with van der Waals surface area (Å²) < 4.78 is 2.07. The van der Waals surface area contributed by atoms with E-state index in [1.165, 1.54) is 24.6 Å². The molecule has 1 aliphatic rings. The molecule has 0 radical (unpaired) electrons. The van der Waals surface area contributed by atoms with E-state index in [1.54, 1.807) is 0 Å². The second kappa shape index (κ2) is 6.97. The topological polar surface area (TPSA) is 71.2 Å². The molecule has 0 spiro atoms. The molecule has 0 amide bonds. The minimum Gasteiger partial charge on any atom is -0.481 e.